The summed E-state index contributed by atoms with van der Waals surface area (Å²) in [7, 11) is 0. The number of carboxylic acids is 1. The number of carbonyl (C=O) groups is 3. The van der Waals surface area contributed by atoms with E-state index >= 15 is 0 Å². The first kappa shape index (κ1) is 15.7. The molecule has 0 bridgehead atoms. The molecule has 1 aliphatic heterocycles. The second-order valence-electron chi connectivity index (χ2n) is 4.40. The quantitative estimate of drug-likeness (QED) is 0.764. The molecule has 0 radical (unpaired) electrons. The van der Waals surface area contributed by atoms with Gasteiger partial charge in [-0.2, -0.15) is 0 Å². The smallest absolute Gasteiger partial charge is 0.305 e. The number of amides is 2. The molecule has 1 aliphatic rings. The molecular formula is C12H11BrClN3O4. The summed E-state index contributed by atoms with van der Waals surface area (Å²) in [6.07, 6.45) is 0.980. The lowest BCUT2D eigenvalue weighted by atomic mass is 10.1. The molecule has 1 aromatic heterocycles. The van der Waals surface area contributed by atoms with E-state index in [1.54, 1.807) is 0 Å². The maximum atomic E-state index is 12.5. The Bertz CT molecular complexity index is 610. The van der Waals surface area contributed by atoms with Gasteiger partial charge in [-0.15, -0.1) is 0 Å². The first-order chi connectivity index (χ1) is 9.90. The van der Waals surface area contributed by atoms with E-state index in [0.29, 0.717) is 4.47 Å². The minimum Gasteiger partial charge on any atom is -0.481 e. The van der Waals surface area contributed by atoms with Crippen LogP contribution in [0.5, 0.6) is 0 Å². The molecule has 21 heavy (non-hydrogen) atoms. The molecule has 2 amide bonds. The van der Waals surface area contributed by atoms with Gasteiger partial charge in [0.25, 0.3) is 5.91 Å². The summed E-state index contributed by atoms with van der Waals surface area (Å²) in [5, 5.41) is 11.4. The van der Waals surface area contributed by atoms with Gasteiger partial charge < -0.3 is 15.3 Å². The van der Waals surface area contributed by atoms with Crippen molar-refractivity contribution in [2.24, 2.45) is 0 Å². The Hall–Kier alpha value is -1.67. The summed E-state index contributed by atoms with van der Waals surface area (Å²) in [4.78, 5) is 40.3. The van der Waals surface area contributed by atoms with E-state index < -0.39 is 30.2 Å². The summed E-state index contributed by atoms with van der Waals surface area (Å²) in [6, 6.07) is 0.431. The Morgan fingerprint density at radius 1 is 1.57 bits per heavy atom. The Morgan fingerprint density at radius 3 is 2.95 bits per heavy atom. The number of halogens is 2. The highest BCUT2D eigenvalue weighted by Crippen LogP contribution is 2.22. The number of nitrogens with one attached hydrogen (secondary N) is 1. The van der Waals surface area contributed by atoms with E-state index in [-0.39, 0.29) is 23.8 Å². The van der Waals surface area contributed by atoms with Gasteiger partial charge in [-0.1, -0.05) is 11.6 Å². The van der Waals surface area contributed by atoms with Crippen LogP contribution in [0, 0.1) is 0 Å². The van der Waals surface area contributed by atoms with Crippen LogP contribution in [0.3, 0.4) is 0 Å². The number of pyridine rings is 1. The first-order valence-corrected chi connectivity index (χ1v) is 7.18. The zero-order valence-corrected chi connectivity index (χ0v) is 13.0. The van der Waals surface area contributed by atoms with Crippen LogP contribution in [-0.4, -0.2) is 51.9 Å². The summed E-state index contributed by atoms with van der Waals surface area (Å²) in [5.41, 5.74) is 0.121. The molecule has 1 unspecified atom stereocenters. The van der Waals surface area contributed by atoms with E-state index in [1.165, 1.54) is 17.2 Å². The zero-order chi connectivity index (χ0) is 15.6. The molecule has 1 aromatic rings. The van der Waals surface area contributed by atoms with Gasteiger partial charge >= 0.3 is 5.97 Å². The molecule has 2 heterocycles. The fraction of sp³-hybridized carbons (Fsp3) is 0.333. The number of carboxylic acid groups (broad SMARTS) is 1. The van der Waals surface area contributed by atoms with E-state index in [1.807, 2.05) is 0 Å². The van der Waals surface area contributed by atoms with Gasteiger partial charge in [0.05, 0.1) is 12.0 Å². The molecule has 7 nitrogen and oxygen atoms in total. The van der Waals surface area contributed by atoms with Crippen molar-refractivity contribution in [3.8, 4) is 0 Å². The van der Waals surface area contributed by atoms with Crippen LogP contribution in [0.25, 0.3) is 0 Å². The van der Waals surface area contributed by atoms with Gasteiger partial charge in [0.15, 0.2) is 0 Å². The van der Waals surface area contributed by atoms with E-state index in [2.05, 4.69) is 26.2 Å². The van der Waals surface area contributed by atoms with Crippen molar-refractivity contribution in [1.82, 2.24) is 15.2 Å². The third kappa shape index (κ3) is 3.51. The lowest BCUT2D eigenvalue weighted by molar-refractivity contribution is -0.142. The fourth-order valence-corrected chi connectivity index (χ4v) is 2.57. The lowest BCUT2D eigenvalue weighted by Crippen LogP contribution is -2.57. The fourth-order valence-electron chi connectivity index (χ4n) is 2.05. The van der Waals surface area contributed by atoms with Gasteiger partial charge in [0, 0.05) is 23.8 Å². The molecule has 1 fully saturated rings. The van der Waals surface area contributed by atoms with Crippen LogP contribution >= 0.6 is 27.5 Å². The average Bonchev–Trinajstić information content (AvgIpc) is 2.42. The van der Waals surface area contributed by atoms with Crippen LogP contribution in [0.15, 0.2) is 16.7 Å². The normalized spacial score (nSPS) is 18.3. The number of carbonyl (C=O) groups excluding carboxylic acids is 2. The van der Waals surface area contributed by atoms with Crippen LogP contribution < -0.4 is 5.32 Å². The van der Waals surface area contributed by atoms with Crippen LogP contribution in [0.1, 0.15) is 16.8 Å². The number of rotatable bonds is 3. The lowest BCUT2D eigenvalue weighted by Gasteiger charge is -2.34. The number of aromatic nitrogens is 1. The Labute approximate surface area is 133 Å². The number of aliphatic carboxylic acids is 1. The van der Waals surface area contributed by atoms with Crippen molar-refractivity contribution >= 4 is 45.3 Å². The maximum Gasteiger partial charge on any atom is 0.305 e. The van der Waals surface area contributed by atoms with E-state index in [0.717, 1.165) is 0 Å². The summed E-state index contributed by atoms with van der Waals surface area (Å²) < 4.78 is 0.562. The molecule has 2 N–H and O–H groups in total. The predicted octanol–water partition coefficient (Wildman–Crippen LogP) is 0.913. The predicted molar refractivity (Wildman–Crippen MR) is 77.0 cm³/mol. The summed E-state index contributed by atoms with van der Waals surface area (Å²) in [5.74, 6) is -2.17. The summed E-state index contributed by atoms with van der Waals surface area (Å²) >= 11 is 9.09. The first-order valence-electron chi connectivity index (χ1n) is 6.01. The van der Waals surface area contributed by atoms with Gasteiger partial charge in [0.1, 0.15) is 11.2 Å². The highest BCUT2D eigenvalue weighted by Gasteiger charge is 2.35. The molecule has 2 rings (SSSR count). The highest BCUT2D eigenvalue weighted by atomic mass is 79.9. The zero-order valence-electron chi connectivity index (χ0n) is 10.7. The minimum atomic E-state index is -1.16. The van der Waals surface area contributed by atoms with Gasteiger partial charge in [-0.25, -0.2) is 4.98 Å². The Kier molecular flexibility index (Phi) is 4.79. The number of hydrogen-bond donors (Lipinski definition) is 2. The second kappa shape index (κ2) is 6.40. The monoisotopic (exact) mass is 375 g/mol. The number of nitrogens with zero attached hydrogens (tertiary/aromatic N) is 2. The molecule has 0 saturated carbocycles. The number of piperazine rings is 1. The van der Waals surface area contributed by atoms with Gasteiger partial charge in [-0.05, 0) is 22.0 Å². The maximum absolute atomic E-state index is 12.5. The molecule has 0 spiro atoms. The van der Waals surface area contributed by atoms with E-state index in [9.17, 15) is 14.4 Å². The molecule has 1 saturated heterocycles. The van der Waals surface area contributed by atoms with Crippen LogP contribution in [-0.2, 0) is 9.59 Å². The molecule has 1 atom stereocenters. The average molecular weight is 377 g/mol. The Balaban J connectivity index is 2.32. The van der Waals surface area contributed by atoms with Crippen molar-refractivity contribution < 1.29 is 19.5 Å². The molecular weight excluding hydrogens is 366 g/mol. The van der Waals surface area contributed by atoms with Gasteiger partial charge in [0.2, 0.25) is 5.91 Å². The highest BCUT2D eigenvalue weighted by molar-refractivity contribution is 9.10. The summed E-state index contributed by atoms with van der Waals surface area (Å²) in [6.45, 7) is 0.477. The standard InChI is InChI=1S/C12H11BrClN3O4/c13-6-3-7(10(14)16-5-6)12(21)17-2-1-15-11(20)8(17)4-9(18)19/h3,5,8H,1-2,4H2,(H,15,20)(H,18,19). The number of hydrogen-bond acceptors (Lipinski definition) is 4. The van der Waals surface area contributed by atoms with Crippen molar-refractivity contribution in [3.63, 3.8) is 0 Å². The van der Waals surface area contributed by atoms with Crippen LogP contribution in [0.4, 0.5) is 0 Å². The minimum absolute atomic E-state index is 0.00302. The molecule has 9 heteroatoms. The van der Waals surface area contributed by atoms with Crippen molar-refractivity contribution in [3.05, 3.63) is 27.5 Å². The SMILES string of the molecule is O=C(O)CC1C(=O)NCCN1C(=O)c1cc(Br)cnc1Cl. The van der Waals surface area contributed by atoms with Crippen LogP contribution in [0.2, 0.25) is 5.15 Å². The van der Waals surface area contributed by atoms with Crippen molar-refractivity contribution in [1.29, 1.82) is 0 Å². The molecule has 0 aromatic carbocycles. The Morgan fingerprint density at radius 2 is 2.29 bits per heavy atom. The topological polar surface area (TPSA) is 99.6 Å². The van der Waals surface area contributed by atoms with Crippen molar-refractivity contribution in [2.75, 3.05) is 13.1 Å². The third-order valence-electron chi connectivity index (χ3n) is 3.00. The molecule has 112 valence electrons. The van der Waals surface area contributed by atoms with Gasteiger partial charge in [-0.3, -0.25) is 14.4 Å². The molecule has 0 aliphatic carbocycles. The second-order valence-corrected chi connectivity index (χ2v) is 5.67. The largest absolute Gasteiger partial charge is 0.481 e. The van der Waals surface area contributed by atoms with E-state index in [4.69, 9.17) is 16.7 Å². The third-order valence-corrected chi connectivity index (χ3v) is 3.73. The van der Waals surface area contributed by atoms with Crippen molar-refractivity contribution in [2.45, 2.75) is 12.5 Å².